The molecule has 0 fully saturated rings. The van der Waals surface area contributed by atoms with Crippen molar-refractivity contribution >= 4 is 5.97 Å². The average Bonchev–Trinajstić information content (AvgIpc) is 2.42. The van der Waals surface area contributed by atoms with Crippen molar-refractivity contribution in [2.45, 2.75) is 31.8 Å². The highest BCUT2D eigenvalue weighted by atomic mass is 16.5. The monoisotopic (exact) mass is 268 g/mol. The van der Waals surface area contributed by atoms with Gasteiger partial charge in [0.05, 0.1) is 20.3 Å². The number of aliphatic carboxylic acids is 1. The van der Waals surface area contributed by atoms with E-state index in [0.29, 0.717) is 36.3 Å². The first-order chi connectivity index (χ1) is 9.08. The molecular formula is C14H20O5. The van der Waals surface area contributed by atoms with Crippen LogP contribution >= 0.6 is 0 Å². The van der Waals surface area contributed by atoms with E-state index in [4.69, 9.17) is 14.6 Å². The second kappa shape index (κ2) is 7.63. The fourth-order valence-electron chi connectivity index (χ4n) is 1.87. The van der Waals surface area contributed by atoms with E-state index < -0.39 is 12.1 Å². The lowest BCUT2D eigenvalue weighted by Gasteiger charge is -2.15. The molecule has 19 heavy (non-hydrogen) atoms. The van der Waals surface area contributed by atoms with E-state index >= 15 is 0 Å². The van der Waals surface area contributed by atoms with Gasteiger partial charge in [0.15, 0.2) is 0 Å². The van der Waals surface area contributed by atoms with E-state index in [-0.39, 0.29) is 6.42 Å². The molecule has 0 heterocycles. The molecular weight excluding hydrogens is 248 g/mol. The molecule has 0 saturated carbocycles. The summed E-state index contributed by atoms with van der Waals surface area (Å²) in [5.41, 5.74) is 0.664. The predicted octanol–water partition coefficient (Wildman–Crippen LogP) is 2.38. The molecule has 5 heteroatoms. The van der Waals surface area contributed by atoms with Crippen LogP contribution in [0.15, 0.2) is 18.2 Å². The minimum absolute atomic E-state index is 0.127. The molecule has 1 atom stereocenters. The smallest absolute Gasteiger partial charge is 0.303 e. The third-order valence-electron chi connectivity index (χ3n) is 2.91. The number of ether oxygens (including phenoxy) is 2. The van der Waals surface area contributed by atoms with Gasteiger partial charge in [-0.2, -0.15) is 0 Å². The minimum Gasteiger partial charge on any atom is -0.497 e. The van der Waals surface area contributed by atoms with Crippen LogP contribution in [0.3, 0.4) is 0 Å². The Labute approximate surface area is 112 Å². The molecule has 1 aromatic carbocycles. The maximum Gasteiger partial charge on any atom is 0.303 e. The summed E-state index contributed by atoms with van der Waals surface area (Å²) in [4.78, 5) is 10.4. The number of rotatable bonds is 8. The number of methoxy groups -OCH3 is 2. The van der Waals surface area contributed by atoms with Gasteiger partial charge in [0, 0.05) is 12.0 Å². The highest BCUT2D eigenvalue weighted by molar-refractivity contribution is 5.66. The van der Waals surface area contributed by atoms with Crippen molar-refractivity contribution < 1.29 is 24.5 Å². The average molecular weight is 268 g/mol. The number of carboxylic acid groups (broad SMARTS) is 1. The first kappa shape index (κ1) is 15.3. The lowest BCUT2D eigenvalue weighted by molar-refractivity contribution is -0.137. The summed E-state index contributed by atoms with van der Waals surface area (Å²) in [7, 11) is 3.10. The molecule has 0 spiro atoms. The second-order valence-electron chi connectivity index (χ2n) is 4.26. The molecule has 0 saturated heterocycles. The molecule has 1 unspecified atom stereocenters. The Bertz CT molecular complexity index is 416. The summed E-state index contributed by atoms with van der Waals surface area (Å²) in [5.74, 6) is 0.445. The van der Waals surface area contributed by atoms with Crippen LogP contribution in [0.1, 0.15) is 37.4 Å². The van der Waals surface area contributed by atoms with Crippen LogP contribution in [-0.2, 0) is 4.79 Å². The maximum atomic E-state index is 10.4. The highest BCUT2D eigenvalue weighted by Gasteiger charge is 2.14. The van der Waals surface area contributed by atoms with Crippen molar-refractivity contribution in [1.82, 2.24) is 0 Å². The van der Waals surface area contributed by atoms with E-state index in [1.165, 1.54) is 0 Å². The number of carboxylic acids is 1. The number of aliphatic hydroxyl groups excluding tert-OH is 1. The summed E-state index contributed by atoms with van der Waals surface area (Å²) < 4.78 is 10.3. The van der Waals surface area contributed by atoms with Gasteiger partial charge in [0.25, 0.3) is 0 Å². The first-order valence-corrected chi connectivity index (χ1v) is 6.20. The molecule has 106 valence electrons. The van der Waals surface area contributed by atoms with Crippen molar-refractivity contribution in [2.75, 3.05) is 14.2 Å². The van der Waals surface area contributed by atoms with Crippen molar-refractivity contribution in [3.05, 3.63) is 23.8 Å². The summed E-state index contributed by atoms with van der Waals surface area (Å²) in [6.07, 6.45) is 1.14. The Morgan fingerprint density at radius 1 is 1.26 bits per heavy atom. The van der Waals surface area contributed by atoms with Crippen LogP contribution < -0.4 is 9.47 Å². The molecule has 5 nitrogen and oxygen atoms in total. The second-order valence-corrected chi connectivity index (χ2v) is 4.26. The minimum atomic E-state index is -0.812. The van der Waals surface area contributed by atoms with Crippen molar-refractivity contribution in [1.29, 1.82) is 0 Å². The molecule has 0 aliphatic carbocycles. The third kappa shape index (κ3) is 4.79. The van der Waals surface area contributed by atoms with Crippen molar-refractivity contribution in [3.8, 4) is 11.5 Å². The Hall–Kier alpha value is -1.75. The molecule has 0 aromatic heterocycles. The van der Waals surface area contributed by atoms with Crippen LogP contribution in [0.2, 0.25) is 0 Å². The number of aliphatic hydroxyl groups is 1. The Morgan fingerprint density at radius 3 is 2.58 bits per heavy atom. The molecule has 1 rings (SSSR count). The van der Waals surface area contributed by atoms with Crippen LogP contribution in [0.4, 0.5) is 0 Å². The normalized spacial score (nSPS) is 11.9. The van der Waals surface area contributed by atoms with Crippen LogP contribution in [-0.4, -0.2) is 30.4 Å². The van der Waals surface area contributed by atoms with Crippen LogP contribution in [0, 0.1) is 0 Å². The van der Waals surface area contributed by atoms with E-state index in [9.17, 15) is 9.90 Å². The topological polar surface area (TPSA) is 76.0 Å². The van der Waals surface area contributed by atoms with Gasteiger partial charge in [-0.1, -0.05) is 0 Å². The van der Waals surface area contributed by atoms with Gasteiger partial charge in [-0.3, -0.25) is 4.79 Å². The van der Waals surface area contributed by atoms with Crippen LogP contribution in [0.5, 0.6) is 11.5 Å². The van der Waals surface area contributed by atoms with Crippen molar-refractivity contribution in [2.24, 2.45) is 0 Å². The number of unbranched alkanes of at least 4 members (excludes halogenated alkanes) is 1. The van der Waals surface area contributed by atoms with Gasteiger partial charge >= 0.3 is 5.97 Å². The molecule has 0 amide bonds. The summed E-state index contributed by atoms with van der Waals surface area (Å²) in [6.45, 7) is 0. The van der Waals surface area contributed by atoms with Gasteiger partial charge in [-0.05, 0) is 37.5 Å². The number of hydrogen-bond acceptors (Lipinski definition) is 4. The SMILES string of the molecule is COc1ccc(OC)c(C(O)CCCCC(=O)O)c1. The molecule has 0 aliphatic heterocycles. The first-order valence-electron chi connectivity index (χ1n) is 6.20. The van der Waals surface area contributed by atoms with Gasteiger partial charge in [-0.25, -0.2) is 0 Å². The maximum absolute atomic E-state index is 10.4. The van der Waals surface area contributed by atoms with E-state index in [0.717, 1.165) is 0 Å². The van der Waals surface area contributed by atoms with Crippen LogP contribution in [0.25, 0.3) is 0 Å². The third-order valence-corrected chi connectivity index (χ3v) is 2.91. The fourth-order valence-corrected chi connectivity index (χ4v) is 1.87. The standard InChI is InChI=1S/C14H20O5/c1-18-10-7-8-13(19-2)11(9-10)12(15)5-3-4-6-14(16)17/h7-9,12,15H,3-6H2,1-2H3,(H,16,17). The molecule has 0 aliphatic rings. The van der Waals surface area contributed by atoms with Gasteiger partial charge < -0.3 is 19.7 Å². The van der Waals surface area contributed by atoms with E-state index in [1.807, 2.05) is 0 Å². The quantitative estimate of drug-likeness (QED) is 0.708. The molecule has 0 bridgehead atoms. The number of carbonyl (C=O) groups is 1. The van der Waals surface area contributed by atoms with E-state index in [1.54, 1.807) is 32.4 Å². The molecule has 1 aromatic rings. The zero-order valence-corrected chi connectivity index (χ0v) is 11.3. The largest absolute Gasteiger partial charge is 0.497 e. The lowest BCUT2D eigenvalue weighted by Crippen LogP contribution is -2.02. The highest BCUT2D eigenvalue weighted by Crippen LogP contribution is 2.31. The Kier molecular flexibility index (Phi) is 6.15. The lowest BCUT2D eigenvalue weighted by atomic mass is 10.0. The zero-order chi connectivity index (χ0) is 14.3. The molecule has 0 radical (unpaired) electrons. The Balaban J connectivity index is 2.63. The summed E-state index contributed by atoms with van der Waals surface area (Å²) in [6, 6.07) is 5.24. The zero-order valence-electron chi connectivity index (χ0n) is 11.3. The van der Waals surface area contributed by atoms with Gasteiger partial charge in [0.1, 0.15) is 11.5 Å². The Morgan fingerprint density at radius 2 is 2.00 bits per heavy atom. The van der Waals surface area contributed by atoms with Gasteiger partial charge in [-0.15, -0.1) is 0 Å². The van der Waals surface area contributed by atoms with E-state index in [2.05, 4.69) is 0 Å². The summed E-state index contributed by atoms with van der Waals surface area (Å²) >= 11 is 0. The fraction of sp³-hybridized carbons (Fsp3) is 0.500. The summed E-state index contributed by atoms with van der Waals surface area (Å²) in [5, 5.41) is 18.7. The molecule has 2 N–H and O–H groups in total. The number of benzene rings is 1. The van der Waals surface area contributed by atoms with Crippen molar-refractivity contribution in [3.63, 3.8) is 0 Å². The predicted molar refractivity (Wildman–Crippen MR) is 70.6 cm³/mol. The van der Waals surface area contributed by atoms with Gasteiger partial charge in [0.2, 0.25) is 0 Å². The number of hydrogen-bond donors (Lipinski definition) is 2.